The lowest BCUT2D eigenvalue weighted by Crippen LogP contribution is -2.74. The number of aliphatic hydroxyl groups is 1. The fourth-order valence-corrected chi connectivity index (χ4v) is 9.85. The quantitative estimate of drug-likeness (QED) is 0.183. The smallest absolute Gasteiger partial charge is 0.250 e. The zero-order valence-corrected chi connectivity index (χ0v) is 33.6. The molecule has 1 N–H and O–H groups in total. The van der Waals surface area contributed by atoms with Crippen molar-refractivity contribution in [3.05, 3.63) is 73.0 Å². The van der Waals surface area contributed by atoms with Crippen molar-refractivity contribution in [3.63, 3.8) is 0 Å². The second-order valence-electron chi connectivity index (χ2n) is 18.1. The van der Waals surface area contributed by atoms with Crippen molar-refractivity contribution in [1.29, 1.82) is 0 Å². The molecule has 2 saturated heterocycles. The van der Waals surface area contributed by atoms with Crippen molar-refractivity contribution in [2.24, 2.45) is 11.8 Å². The molecular formula is C39H62O7Si2. The van der Waals surface area contributed by atoms with Gasteiger partial charge in [-0.2, -0.15) is 0 Å². The SMILES string of the molecule is C=CC[C@@]1(O)C(O[Si](C)(C)C(C)(C)C)=C[C@]2(CO[Si](C)(C)C(C)(C)C)C[C@H]3[C@@H](OCc4ccccc4)[C@H]4OC(C)(C)O[C@@H]4[C@@H](C=C)[C@@]31O2. The topological polar surface area (TPSA) is 75.6 Å². The number of ether oxygens (including phenoxy) is 4. The Morgan fingerprint density at radius 3 is 2.10 bits per heavy atom. The van der Waals surface area contributed by atoms with Gasteiger partial charge in [-0.3, -0.25) is 0 Å². The molecule has 3 heterocycles. The lowest BCUT2D eigenvalue weighted by molar-refractivity contribution is -0.278. The maximum atomic E-state index is 13.5. The van der Waals surface area contributed by atoms with E-state index >= 15 is 0 Å². The Morgan fingerprint density at radius 2 is 1.54 bits per heavy atom. The molecule has 0 unspecified atom stereocenters. The number of rotatable bonds is 11. The molecule has 1 aliphatic carbocycles. The van der Waals surface area contributed by atoms with Crippen LogP contribution in [0.2, 0.25) is 36.3 Å². The summed E-state index contributed by atoms with van der Waals surface area (Å²) in [5.41, 5.74) is -2.63. The highest BCUT2D eigenvalue weighted by atomic mass is 28.4. The summed E-state index contributed by atoms with van der Waals surface area (Å²) in [7, 11) is -4.64. The third-order valence-electron chi connectivity index (χ3n) is 12.3. The third-order valence-corrected chi connectivity index (χ3v) is 21.1. The lowest BCUT2D eigenvalue weighted by Gasteiger charge is -2.60. The fraction of sp³-hybridized carbons (Fsp3) is 0.692. The van der Waals surface area contributed by atoms with Gasteiger partial charge in [-0.1, -0.05) is 84.0 Å². The molecule has 8 atom stereocenters. The Bertz CT molecular complexity index is 1390. The first-order valence-electron chi connectivity index (χ1n) is 17.7. The highest BCUT2D eigenvalue weighted by Gasteiger charge is 2.79. The van der Waals surface area contributed by atoms with Crippen LogP contribution < -0.4 is 0 Å². The highest BCUT2D eigenvalue weighted by molar-refractivity contribution is 6.74. The maximum Gasteiger partial charge on any atom is 0.250 e. The van der Waals surface area contributed by atoms with Crippen molar-refractivity contribution in [1.82, 2.24) is 0 Å². The summed E-state index contributed by atoms with van der Waals surface area (Å²) >= 11 is 0. The molecule has 0 aromatic heterocycles. The molecule has 268 valence electrons. The van der Waals surface area contributed by atoms with Crippen molar-refractivity contribution in [2.75, 3.05) is 6.61 Å². The zero-order chi connectivity index (χ0) is 35.8. The molecule has 1 aromatic carbocycles. The molecule has 1 saturated carbocycles. The van der Waals surface area contributed by atoms with Crippen molar-refractivity contribution in [3.8, 4) is 0 Å². The second-order valence-corrected chi connectivity index (χ2v) is 27.7. The van der Waals surface area contributed by atoms with E-state index in [1.165, 1.54) is 0 Å². The monoisotopic (exact) mass is 698 g/mol. The van der Waals surface area contributed by atoms with Gasteiger partial charge in [-0.15, -0.1) is 13.2 Å². The van der Waals surface area contributed by atoms with Crippen LogP contribution in [0.1, 0.15) is 73.8 Å². The van der Waals surface area contributed by atoms with Crippen molar-refractivity contribution < 1.29 is 32.9 Å². The Kier molecular flexibility index (Phi) is 9.65. The first kappa shape index (κ1) is 37.7. The van der Waals surface area contributed by atoms with E-state index < -0.39 is 63.5 Å². The molecule has 2 bridgehead atoms. The highest BCUT2D eigenvalue weighted by Crippen LogP contribution is 2.66. The molecular weight excluding hydrogens is 637 g/mol. The molecule has 5 rings (SSSR count). The predicted molar refractivity (Wildman–Crippen MR) is 196 cm³/mol. The minimum Gasteiger partial charge on any atom is -0.544 e. The number of hydrogen-bond donors (Lipinski definition) is 1. The average Bonchev–Trinajstić information content (AvgIpc) is 3.45. The van der Waals surface area contributed by atoms with Crippen LogP contribution in [0.3, 0.4) is 0 Å². The molecule has 1 aromatic rings. The summed E-state index contributed by atoms with van der Waals surface area (Å²) in [6.07, 6.45) is 5.18. The van der Waals surface area contributed by atoms with Gasteiger partial charge in [0.1, 0.15) is 23.1 Å². The Labute approximate surface area is 292 Å². The van der Waals surface area contributed by atoms with Crippen LogP contribution in [-0.4, -0.2) is 69.3 Å². The maximum absolute atomic E-state index is 13.5. The van der Waals surface area contributed by atoms with Gasteiger partial charge in [0.15, 0.2) is 19.7 Å². The van der Waals surface area contributed by atoms with Crippen LogP contribution in [0, 0.1) is 11.8 Å². The molecule has 3 aliphatic heterocycles. The van der Waals surface area contributed by atoms with Crippen LogP contribution in [0.15, 0.2) is 67.5 Å². The molecule has 0 radical (unpaired) electrons. The minimum absolute atomic E-state index is 0.00435. The van der Waals surface area contributed by atoms with E-state index in [1.807, 2.05) is 38.1 Å². The van der Waals surface area contributed by atoms with E-state index in [2.05, 4.69) is 99.1 Å². The first-order valence-corrected chi connectivity index (χ1v) is 23.5. The lowest BCUT2D eigenvalue weighted by atomic mass is 9.57. The number of fused-ring (bicyclic) bond motifs is 2. The van der Waals surface area contributed by atoms with Gasteiger partial charge >= 0.3 is 0 Å². The Morgan fingerprint density at radius 1 is 0.938 bits per heavy atom. The van der Waals surface area contributed by atoms with Crippen LogP contribution in [0.4, 0.5) is 0 Å². The van der Waals surface area contributed by atoms with Crippen molar-refractivity contribution >= 4 is 16.6 Å². The average molecular weight is 699 g/mol. The van der Waals surface area contributed by atoms with E-state index in [9.17, 15) is 5.11 Å². The van der Waals surface area contributed by atoms with Gasteiger partial charge in [-0.25, -0.2) is 0 Å². The van der Waals surface area contributed by atoms with Crippen LogP contribution >= 0.6 is 0 Å². The van der Waals surface area contributed by atoms with Gasteiger partial charge in [0.25, 0.3) is 0 Å². The summed E-state index contributed by atoms with van der Waals surface area (Å²) in [6, 6.07) is 10.2. The van der Waals surface area contributed by atoms with Gasteiger partial charge in [-0.05, 0) is 68.2 Å². The van der Waals surface area contributed by atoms with E-state index in [0.717, 1.165) is 5.56 Å². The Balaban J connectivity index is 1.72. The van der Waals surface area contributed by atoms with Gasteiger partial charge < -0.3 is 32.9 Å². The summed E-state index contributed by atoms with van der Waals surface area (Å²) in [5.74, 6) is -1.07. The third kappa shape index (κ3) is 6.18. The molecule has 0 amide bonds. The summed E-state index contributed by atoms with van der Waals surface area (Å²) in [4.78, 5) is 0. The fourth-order valence-electron chi connectivity index (χ4n) is 7.73. The largest absolute Gasteiger partial charge is 0.544 e. The van der Waals surface area contributed by atoms with E-state index in [0.29, 0.717) is 25.4 Å². The molecule has 1 spiro atoms. The van der Waals surface area contributed by atoms with E-state index in [1.54, 1.807) is 6.08 Å². The summed E-state index contributed by atoms with van der Waals surface area (Å²) < 4.78 is 42.1. The van der Waals surface area contributed by atoms with Crippen LogP contribution in [-0.2, 0) is 34.4 Å². The number of hydrogen-bond acceptors (Lipinski definition) is 7. The van der Waals surface area contributed by atoms with E-state index in [-0.39, 0.29) is 22.4 Å². The summed E-state index contributed by atoms with van der Waals surface area (Å²) in [6.45, 7) is 35.4. The zero-order valence-electron chi connectivity index (χ0n) is 31.6. The van der Waals surface area contributed by atoms with Gasteiger partial charge in [0, 0.05) is 18.3 Å². The van der Waals surface area contributed by atoms with Crippen molar-refractivity contribution in [2.45, 2.75) is 152 Å². The normalized spacial score (nSPS) is 36.2. The minimum atomic E-state index is -2.45. The van der Waals surface area contributed by atoms with E-state index in [4.69, 9.17) is 27.8 Å². The first-order chi connectivity index (χ1) is 22.0. The second kappa shape index (κ2) is 12.3. The molecule has 9 heteroatoms. The van der Waals surface area contributed by atoms with Crippen LogP contribution in [0.5, 0.6) is 0 Å². The molecule has 48 heavy (non-hydrogen) atoms. The Hall–Kier alpha value is -1.57. The number of benzene rings is 1. The molecule has 3 fully saturated rings. The predicted octanol–water partition coefficient (Wildman–Crippen LogP) is 8.67. The molecule has 4 aliphatic rings. The summed E-state index contributed by atoms with van der Waals surface area (Å²) in [5, 5.41) is 13.4. The van der Waals surface area contributed by atoms with Crippen LogP contribution in [0.25, 0.3) is 0 Å². The van der Waals surface area contributed by atoms with Gasteiger partial charge in [0.05, 0.1) is 25.4 Å². The van der Waals surface area contributed by atoms with Gasteiger partial charge in [0.2, 0.25) is 8.32 Å². The molecule has 7 nitrogen and oxygen atoms in total. The standard InChI is InChI=1S/C39H62O7Si2/c1-15-22-38(40)30(45-48(13,14)35(6,7)8)24-37(26-42-47(11,12)34(3,4)5)23-29-31(41-25-27-20-18-17-19-21-27)33-32(43-36(9,10)44-33)28(16-2)39(29,38)46-37/h15-21,24,28-29,31-33,40H,1-2,22-23,25-26H2,3-14H3/t28-,29+,31-,32-,33-,37+,38-,39-/m1/s1.